The number of likely N-dealkylation sites (tertiary alicyclic amines) is 2. The van der Waals surface area contributed by atoms with Crippen LogP contribution in [0.1, 0.15) is 82.6 Å². The van der Waals surface area contributed by atoms with Crippen LogP contribution in [0.25, 0.3) is 0 Å². The molecule has 0 saturated carbocycles. The summed E-state index contributed by atoms with van der Waals surface area (Å²) in [6.07, 6.45) is 0.891. The lowest BCUT2D eigenvalue weighted by atomic mass is 10.0. The molecule has 384 valence electrons. The molecule has 0 aliphatic carbocycles. The van der Waals surface area contributed by atoms with Gasteiger partial charge >= 0.3 is 18.0 Å². The number of hydrogen-bond acceptors (Lipinski definition) is 9. The summed E-state index contributed by atoms with van der Waals surface area (Å²) in [5.41, 5.74) is 3.91. The van der Waals surface area contributed by atoms with Crippen molar-refractivity contribution < 1.29 is 48.0 Å². The molecular formula is C54H76F2N6O8. The number of carboxylic acids is 1. The van der Waals surface area contributed by atoms with Gasteiger partial charge in [0.2, 0.25) is 0 Å². The molecule has 2 saturated heterocycles. The Labute approximate surface area is 413 Å². The van der Waals surface area contributed by atoms with Crippen LogP contribution in [-0.2, 0) is 31.0 Å². The number of benzene rings is 4. The molecular weight excluding hydrogens is 899 g/mol. The number of carbonyl (C=O) groups excluding carboxylic acids is 2. The number of aliphatic carboxylic acids is 1. The fourth-order valence-electron chi connectivity index (χ4n) is 7.62. The van der Waals surface area contributed by atoms with Crippen LogP contribution in [0, 0.1) is 23.5 Å². The third-order valence-corrected chi connectivity index (χ3v) is 11.9. The van der Waals surface area contributed by atoms with Gasteiger partial charge in [-0.2, -0.15) is 0 Å². The minimum absolute atomic E-state index is 0.0842. The average Bonchev–Trinajstić information content (AvgIpc) is 3.34. The molecule has 6 rings (SSSR count). The van der Waals surface area contributed by atoms with E-state index in [1.54, 1.807) is 24.3 Å². The molecule has 0 aromatic heterocycles. The van der Waals surface area contributed by atoms with E-state index in [0.29, 0.717) is 51.2 Å². The van der Waals surface area contributed by atoms with E-state index in [1.807, 2.05) is 58.3 Å². The highest BCUT2D eigenvalue weighted by molar-refractivity contribution is 5.75. The van der Waals surface area contributed by atoms with Crippen LogP contribution in [0.4, 0.5) is 18.4 Å². The molecule has 4 amide bonds. The fraction of sp³-hybridized carbons (Fsp3) is 0.500. The van der Waals surface area contributed by atoms with Gasteiger partial charge in [0.15, 0.2) is 6.10 Å². The number of nitrogens with one attached hydrogen (secondary N) is 2. The molecule has 14 nitrogen and oxygen atoms in total. The quantitative estimate of drug-likeness (QED) is 0.0657. The topological polar surface area (TPSA) is 167 Å². The third-order valence-electron chi connectivity index (χ3n) is 11.9. The van der Waals surface area contributed by atoms with E-state index in [2.05, 4.69) is 62.2 Å². The molecule has 5 N–H and O–H groups in total. The van der Waals surface area contributed by atoms with Crippen LogP contribution in [0.5, 0.6) is 11.5 Å². The SMILES string of the molecule is CC(C)COc1ccc(CNC(=O)N(Cc2ccc(F)cc2)C2CCN(C)CC2)cc1.CC(C)COc1ccc(CNC(=O)N(Cc2ccc(F)cc2)C2CCN(C)CC2)cc1.C[C@H](O)[C@@H](O)C(=O)O. The highest BCUT2D eigenvalue weighted by Gasteiger charge is 2.29. The van der Waals surface area contributed by atoms with Gasteiger partial charge in [0, 0.05) is 38.3 Å². The van der Waals surface area contributed by atoms with E-state index >= 15 is 0 Å². The maximum Gasteiger partial charge on any atom is 0.335 e. The number of nitrogens with zero attached hydrogens (tertiary/aromatic N) is 4. The van der Waals surface area contributed by atoms with Crippen LogP contribution >= 0.6 is 0 Å². The van der Waals surface area contributed by atoms with Crippen LogP contribution < -0.4 is 20.1 Å². The number of carbonyl (C=O) groups is 3. The average molecular weight is 975 g/mol. The van der Waals surface area contributed by atoms with E-state index in [0.717, 1.165) is 85.6 Å². The first-order valence-corrected chi connectivity index (χ1v) is 24.3. The predicted molar refractivity (Wildman–Crippen MR) is 268 cm³/mol. The van der Waals surface area contributed by atoms with Crippen molar-refractivity contribution in [3.05, 3.63) is 131 Å². The summed E-state index contributed by atoms with van der Waals surface area (Å²) in [6.45, 7) is 16.8. The summed E-state index contributed by atoms with van der Waals surface area (Å²) in [5.74, 6) is 0.706. The second-order valence-electron chi connectivity index (χ2n) is 19.1. The zero-order chi connectivity index (χ0) is 51.2. The first kappa shape index (κ1) is 56.8. The standard InChI is InChI=1S/2C25H34FN3O2.C4H8O4/c2*1-19(2)18-31-24-10-6-20(7-11-24)16-27-25(30)29(23-12-14-28(3)15-13-23)17-21-4-8-22(26)9-5-21;1-2(5)3(6)4(7)8/h2*4-11,19,23H,12-18H2,1-3H3,(H,27,30);2-3,5-6H,1H3,(H,7,8)/t;;2-,3+/m..0/s1. The number of carboxylic acid groups (broad SMARTS) is 1. The summed E-state index contributed by atoms with van der Waals surface area (Å²) in [6, 6.07) is 28.7. The minimum Gasteiger partial charge on any atom is -0.493 e. The summed E-state index contributed by atoms with van der Waals surface area (Å²) < 4.78 is 38.0. The monoisotopic (exact) mass is 975 g/mol. The number of aliphatic hydroxyl groups is 2. The van der Waals surface area contributed by atoms with Gasteiger partial charge in [0.05, 0.1) is 19.3 Å². The Morgan fingerprint density at radius 3 is 1.16 bits per heavy atom. The number of aliphatic hydroxyl groups excluding tert-OH is 2. The van der Waals surface area contributed by atoms with Crippen molar-refractivity contribution in [1.29, 1.82) is 0 Å². The van der Waals surface area contributed by atoms with Gasteiger partial charge in [-0.05, 0) is 156 Å². The maximum atomic E-state index is 13.3. The lowest BCUT2D eigenvalue weighted by Gasteiger charge is -2.37. The lowest BCUT2D eigenvalue weighted by Crippen LogP contribution is -2.49. The van der Waals surface area contributed by atoms with Crippen molar-refractivity contribution in [3.8, 4) is 11.5 Å². The lowest BCUT2D eigenvalue weighted by molar-refractivity contribution is -0.151. The smallest absolute Gasteiger partial charge is 0.335 e. The van der Waals surface area contributed by atoms with E-state index in [9.17, 15) is 23.2 Å². The van der Waals surface area contributed by atoms with Gasteiger partial charge in [0.25, 0.3) is 0 Å². The molecule has 0 spiro atoms. The summed E-state index contributed by atoms with van der Waals surface area (Å²) >= 11 is 0. The number of ether oxygens (including phenoxy) is 2. The molecule has 0 unspecified atom stereocenters. The predicted octanol–water partition coefficient (Wildman–Crippen LogP) is 8.15. The number of hydrogen-bond donors (Lipinski definition) is 5. The molecule has 4 aromatic rings. The van der Waals surface area contributed by atoms with Crippen LogP contribution in [0.3, 0.4) is 0 Å². The first-order valence-electron chi connectivity index (χ1n) is 24.3. The molecule has 2 atom stereocenters. The van der Waals surface area contributed by atoms with Gasteiger partial charge in [0.1, 0.15) is 23.1 Å². The molecule has 16 heteroatoms. The number of amides is 4. The third kappa shape index (κ3) is 20.6. The largest absolute Gasteiger partial charge is 0.493 e. The summed E-state index contributed by atoms with van der Waals surface area (Å²) in [7, 11) is 4.21. The Hall–Kier alpha value is -5.81. The van der Waals surface area contributed by atoms with E-state index < -0.39 is 18.2 Å². The van der Waals surface area contributed by atoms with Crippen molar-refractivity contribution in [1.82, 2.24) is 30.2 Å². The van der Waals surface area contributed by atoms with E-state index in [1.165, 1.54) is 31.2 Å². The molecule has 4 aromatic carbocycles. The second-order valence-corrected chi connectivity index (χ2v) is 19.1. The van der Waals surface area contributed by atoms with Gasteiger partial charge in [-0.3, -0.25) is 0 Å². The fourth-order valence-corrected chi connectivity index (χ4v) is 7.62. The van der Waals surface area contributed by atoms with E-state index in [-0.39, 0.29) is 35.8 Å². The Morgan fingerprint density at radius 1 is 0.571 bits per heavy atom. The number of halogens is 2. The van der Waals surface area contributed by atoms with E-state index in [4.69, 9.17) is 24.8 Å². The summed E-state index contributed by atoms with van der Waals surface area (Å²) in [4.78, 5) is 44.3. The van der Waals surface area contributed by atoms with Crippen molar-refractivity contribution in [2.24, 2.45) is 11.8 Å². The van der Waals surface area contributed by atoms with Gasteiger partial charge in [-0.15, -0.1) is 0 Å². The molecule has 70 heavy (non-hydrogen) atoms. The highest BCUT2D eigenvalue weighted by Crippen LogP contribution is 2.22. The second kappa shape index (κ2) is 29.4. The normalized spacial score (nSPS) is 15.4. The zero-order valence-electron chi connectivity index (χ0n) is 42.0. The number of urea groups is 2. The van der Waals surface area contributed by atoms with Crippen molar-refractivity contribution in [3.63, 3.8) is 0 Å². The Morgan fingerprint density at radius 2 is 0.886 bits per heavy atom. The molecule has 2 fully saturated rings. The van der Waals surface area contributed by atoms with Gasteiger partial charge < -0.3 is 55.0 Å². The molecule has 2 aliphatic rings. The molecule has 0 radical (unpaired) electrons. The van der Waals surface area contributed by atoms with Crippen LogP contribution in [-0.4, -0.2) is 131 Å². The van der Waals surface area contributed by atoms with Crippen molar-refractivity contribution in [2.75, 3.05) is 53.5 Å². The Balaban J connectivity index is 0.000000264. The zero-order valence-corrected chi connectivity index (χ0v) is 42.0. The molecule has 2 aliphatic heterocycles. The van der Waals surface area contributed by atoms with Crippen LogP contribution in [0.2, 0.25) is 0 Å². The first-order chi connectivity index (χ1) is 33.4. The van der Waals surface area contributed by atoms with Crippen molar-refractivity contribution >= 4 is 18.0 Å². The Kier molecular flexibility index (Phi) is 23.8. The Bertz CT molecular complexity index is 1990. The number of piperidine rings is 2. The van der Waals surface area contributed by atoms with Gasteiger partial charge in [-0.1, -0.05) is 76.2 Å². The van der Waals surface area contributed by atoms with Gasteiger partial charge in [-0.25, -0.2) is 23.2 Å². The highest BCUT2D eigenvalue weighted by atomic mass is 19.1. The summed E-state index contributed by atoms with van der Waals surface area (Å²) in [5, 5.41) is 30.8. The van der Waals surface area contributed by atoms with Crippen molar-refractivity contribution in [2.45, 2.75) is 111 Å². The minimum atomic E-state index is -1.66. The number of rotatable bonds is 18. The maximum absolute atomic E-state index is 13.3. The molecule has 0 bridgehead atoms. The molecule has 2 heterocycles. The van der Waals surface area contributed by atoms with Crippen LogP contribution in [0.15, 0.2) is 97.1 Å².